The Kier molecular flexibility index (Phi) is 3.98. The molecule has 2 rings (SSSR count). The summed E-state index contributed by atoms with van der Waals surface area (Å²) in [5.74, 6) is -2.71. The Hall–Kier alpha value is -1.26. The Labute approximate surface area is 113 Å². The molecule has 0 unspecified atom stereocenters. The molecular weight excluding hydrogens is 274 g/mol. The van der Waals surface area contributed by atoms with Crippen molar-refractivity contribution >= 4 is 11.9 Å². The van der Waals surface area contributed by atoms with Gasteiger partial charge in [-0.05, 0) is 0 Å². The van der Waals surface area contributed by atoms with Crippen molar-refractivity contribution < 1.29 is 39.5 Å². The molecule has 2 aliphatic rings. The van der Waals surface area contributed by atoms with E-state index < -0.39 is 54.4 Å². The van der Waals surface area contributed by atoms with Crippen molar-refractivity contribution in [3.05, 3.63) is 0 Å². The SMILES string of the molecule is N[C@@H](C[C@]1(C(=O)O)C[C@H]2OC[C@H](O)[C@@H](O)[C@H]2O1)C(=O)O. The quantitative estimate of drug-likeness (QED) is 0.378. The fraction of sp³-hybridized carbons (Fsp3) is 0.818. The van der Waals surface area contributed by atoms with Crippen molar-refractivity contribution in [1.82, 2.24) is 0 Å². The van der Waals surface area contributed by atoms with Gasteiger partial charge in [0, 0.05) is 12.8 Å². The predicted molar refractivity (Wildman–Crippen MR) is 61.8 cm³/mol. The van der Waals surface area contributed by atoms with Crippen LogP contribution in [0.1, 0.15) is 12.8 Å². The number of carbonyl (C=O) groups is 2. The predicted octanol–water partition coefficient (Wildman–Crippen LogP) is -2.48. The molecule has 2 saturated heterocycles. The van der Waals surface area contributed by atoms with E-state index in [1.165, 1.54) is 0 Å². The molecule has 6 atom stereocenters. The number of carboxylic acids is 2. The fourth-order valence-electron chi connectivity index (χ4n) is 2.61. The van der Waals surface area contributed by atoms with Gasteiger partial charge >= 0.3 is 11.9 Å². The van der Waals surface area contributed by atoms with Crippen molar-refractivity contribution in [3.8, 4) is 0 Å². The molecule has 0 aromatic carbocycles. The number of aliphatic hydroxyl groups is 2. The zero-order chi connectivity index (χ0) is 15.1. The Morgan fingerprint density at radius 2 is 2.00 bits per heavy atom. The maximum absolute atomic E-state index is 11.4. The second-order valence-electron chi connectivity index (χ2n) is 5.16. The van der Waals surface area contributed by atoms with Crippen molar-refractivity contribution in [3.63, 3.8) is 0 Å². The molecule has 0 saturated carbocycles. The van der Waals surface area contributed by atoms with Crippen molar-refractivity contribution in [2.75, 3.05) is 6.61 Å². The molecule has 0 radical (unpaired) electrons. The summed E-state index contributed by atoms with van der Waals surface area (Å²) in [5, 5.41) is 37.4. The molecule has 114 valence electrons. The van der Waals surface area contributed by atoms with E-state index in [9.17, 15) is 24.9 Å². The fourth-order valence-corrected chi connectivity index (χ4v) is 2.61. The monoisotopic (exact) mass is 291 g/mol. The summed E-state index contributed by atoms with van der Waals surface area (Å²) < 4.78 is 10.6. The van der Waals surface area contributed by atoms with Gasteiger partial charge in [-0.1, -0.05) is 0 Å². The summed E-state index contributed by atoms with van der Waals surface area (Å²) in [6.07, 6.45) is -4.76. The lowest BCUT2D eigenvalue weighted by molar-refractivity contribution is -0.197. The highest BCUT2D eigenvalue weighted by Gasteiger charge is 2.57. The first-order chi connectivity index (χ1) is 9.27. The molecule has 0 amide bonds. The molecule has 20 heavy (non-hydrogen) atoms. The number of nitrogens with two attached hydrogens (primary N) is 1. The van der Waals surface area contributed by atoms with Gasteiger partial charge in [0.15, 0.2) is 5.60 Å². The Balaban J connectivity index is 2.20. The van der Waals surface area contributed by atoms with Crippen molar-refractivity contribution in [2.24, 2.45) is 5.73 Å². The largest absolute Gasteiger partial charge is 0.480 e. The molecule has 2 aliphatic heterocycles. The lowest BCUT2D eigenvalue weighted by Crippen LogP contribution is -2.51. The average molecular weight is 291 g/mol. The summed E-state index contributed by atoms with van der Waals surface area (Å²) >= 11 is 0. The minimum atomic E-state index is -1.84. The van der Waals surface area contributed by atoms with Gasteiger partial charge in [-0.2, -0.15) is 0 Å². The van der Waals surface area contributed by atoms with Crippen LogP contribution in [-0.4, -0.2) is 75.0 Å². The van der Waals surface area contributed by atoms with E-state index in [4.69, 9.17) is 20.3 Å². The topological polar surface area (TPSA) is 160 Å². The van der Waals surface area contributed by atoms with Crippen LogP contribution in [0.5, 0.6) is 0 Å². The summed E-state index contributed by atoms with van der Waals surface area (Å²) in [6, 6.07) is -1.41. The van der Waals surface area contributed by atoms with Crippen LogP contribution in [0.4, 0.5) is 0 Å². The number of ether oxygens (including phenoxy) is 2. The normalized spacial score (nSPS) is 42.0. The van der Waals surface area contributed by atoms with Gasteiger partial charge in [-0.15, -0.1) is 0 Å². The maximum Gasteiger partial charge on any atom is 0.336 e. The molecule has 9 nitrogen and oxygen atoms in total. The minimum absolute atomic E-state index is 0.127. The van der Waals surface area contributed by atoms with Crippen molar-refractivity contribution in [2.45, 2.75) is 48.9 Å². The molecule has 2 fully saturated rings. The van der Waals surface area contributed by atoms with Crippen LogP contribution in [0.15, 0.2) is 0 Å². The van der Waals surface area contributed by atoms with E-state index >= 15 is 0 Å². The first-order valence-electron chi connectivity index (χ1n) is 6.14. The van der Waals surface area contributed by atoms with E-state index in [1.807, 2.05) is 0 Å². The first kappa shape index (κ1) is 15.1. The number of fused-ring (bicyclic) bond motifs is 1. The standard InChI is InChI=1S/C11H17NO8/c12-4(9(15)16)1-11(10(17)18)2-6-8(20-11)7(14)5(13)3-19-6/h4-8,13-14H,1-3,12H2,(H,15,16)(H,17,18)/t4-,5-,6+,7+,8-,11+/m0/s1. The van der Waals surface area contributed by atoms with Gasteiger partial charge in [-0.3, -0.25) is 4.79 Å². The lowest BCUT2D eigenvalue weighted by atomic mass is 9.89. The zero-order valence-corrected chi connectivity index (χ0v) is 10.5. The molecular formula is C11H17NO8. The second kappa shape index (κ2) is 5.26. The van der Waals surface area contributed by atoms with E-state index in [1.54, 1.807) is 0 Å². The van der Waals surface area contributed by atoms with E-state index in [0.29, 0.717) is 0 Å². The van der Waals surface area contributed by atoms with Crippen LogP contribution in [-0.2, 0) is 19.1 Å². The molecule has 0 aromatic rings. The summed E-state index contributed by atoms with van der Waals surface area (Å²) in [7, 11) is 0. The third kappa shape index (κ3) is 2.50. The van der Waals surface area contributed by atoms with Crippen LogP contribution in [0.2, 0.25) is 0 Å². The zero-order valence-electron chi connectivity index (χ0n) is 10.5. The van der Waals surface area contributed by atoms with Crippen LogP contribution in [0, 0.1) is 0 Å². The van der Waals surface area contributed by atoms with E-state index in [2.05, 4.69) is 0 Å². The van der Waals surface area contributed by atoms with Crippen molar-refractivity contribution in [1.29, 1.82) is 0 Å². The highest BCUT2D eigenvalue weighted by Crippen LogP contribution is 2.40. The van der Waals surface area contributed by atoms with Gasteiger partial charge in [-0.25, -0.2) is 4.79 Å². The Morgan fingerprint density at radius 1 is 1.35 bits per heavy atom. The average Bonchev–Trinajstić information content (AvgIpc) is 2.74. The van der Waals surface area contributed by atoms with Gasteiger partial charge in [0.2, 0.25) is 0 Å². The molecule has 0 bridgehead atoms. The van der Waals surface area contributed by atoms with Crippen LogP contribution < -0.4 is 5.73 Å². The van der Waals surface area contributed by atoms with Gasteiger partial charge in [0.05, 0.1) is 12.7 Å². The second-order valence-corrected chi connectivity index (χ2v) is 5.16. The van der Waals surface area contributed by atoms with E-state index in [0.717, 1.165) is 0 Å². The number of carboxylic acid groups (broad SMARTS) is 2. The number of hydrogen-bond donors (Lipinski definition) is 5. The summed E-state index contributed by atoms with van der Waals surface area (Å²) in [5.41, 5.74) is 3.54. The third-order valence-electron chi connectivity index (χ3n) is 3.73. The minimum Gasteiger partial charge on any atom is -0.480 e. The van der Waals surface area contributed by atoms with Crippen LogP contribution in [0.3, 0.4) is 0 Å². The maximum atomic E-state index is 11.4. The van der Waals surface area contributed by atoms with Gasteiger partial charge < -0.3 is 35.6 Å². The van der Waals surface area contributed by atoms with Gasteiger partial charge in [0.1, 0.15) is 24.4 Å². The summed E-state index contributed by atoms with van der Waals surface area (Å²) in [6.45, 7) is -0.133. The lowest BCUT2D eigenvalue weighted by Gasteiger charge is -2.33. The molecule has 9 heteroatoms. The Bertz CT molecular complexity index is 415. The highest BCUT2D eigenvalue weighted by molar-refractivity contribution is 5.80. The smallest absolute Gasteiger partial charge is 0.336 e. The highest BCUT2D eigenvalue weighted by atomic mass is 16.6. The van der Waals surface area contributed by atoms with Gasteiger partial charge in [0.25, 0.3) is 0 Å². The molecule has 0 spiro atoms. The summed E-state index contributed by atoms with van der Waals surface area (Å²) in [4.78, 5) is 22.2. The molecule has 6 N–H and O–H groups in total. The first-order valence-corrected chi connectivity index (χ1v) is 6.14. The van der Waals surface area contributed by atoms with Crippen LogP contribution >= 0.6 is 0 Å². The third-order valence-corrected chi connectivity index (χ3v) is 3.73. The number of hydrogen-bond acceptors (Lipinski definition) is 7. The number of aliphatic hydroxyl groups excluding tert-OH is 2. The van der Waals surface area contributed by atoms with Crippen LogP contribution in [0.25, 0.3) is 0 Å². The molecule has 2 heterocycles. The molecule has 0 aliphatic carbocycles. The Morgan fingerprint density at radius 3 is 2.55 bits per heavy atom. The number of aliphatic carboxylic acids is 2. The van der Waals surface area contributed by atoms with E-state index in [-0.39, 0.29) is 13.0 Å². The molecule has 0 aromatic heterocycles. The number of rotatable bonds is 4.